The zero-order chi connectivity index (χ0) is 24.6. The number of aliphatic hydroxyl groups is 3. The number of aliphatic hydroxyl groups excluding tert-OH is 3. The molecule has 0 aliphatic carbocycles. The summed E-state index contributed by atoms with van der Waals surface area (Å²) >= 11 is 0. The maximum absolute atomic E-state index is 11.4. The highest BCUT2D eigenvalue weighted by Crippen LogP contribution is 2.19. The molecule has 4 atom stereocenters. The van der Waals surface area contributed by atoms with E-state index in [9.17, 15) is 15.0 Å². The van der Waals surface area contributed by atoms with E-state index in [1.165, 1.54) is 77.0 Å². The van der Waals surface area contributed by atoms with Crippen LogP contribution in [-0.4, -0.2) is 59.2 Å². The Morgan fingerprint density at radius 3 is 1.55 bits per heavy atom. The van der Waals surface area contributed by atoms with Crippen LogP contribution in [0.5, 0.6) is 0 Å². The van der Waals surface area contributed by atoms with E-state index in [0.717, 1.165) is 44.9 Å². The second-order valence-corrected chi connectivity index (χ2v) is 9.62. The third-order valence-electron chi connectivity index (χ3n) is 6.51. The molecule has 0 saturated heterocycles. The van der Waals surface area contributed by atoms with Crippen molar-refractivity contribution in [2.24, 2.45) is 5.73 Å². The number of carbonyl (C=O) groups is 1. The number of aldehydes is 1. The maximum Gasteiger partial charge on any atom is 0.151 e. The first-order valence-electron chi connectivity index (χ1n) is 13.9. The Hall–Kier alpha value is -0.530. The van der Waals surface area contributed by atoms with E-state index >= 15 is 0 Å². The van der Waals surface area contributed by atoms with Crippen molar-refractivity contribution in [1.29, 1.82) is 0 Å². The van der Waals surface area contributed by atoms with Crippen LogP contribution in [0.25, 0.3) is 0 Å². The van der Waals surface area contributed by atoms with Gasteiger partial charge in [0.15, 0.2) is 6.29 Å². The molecule has 0 aromatic rings. The molecule has 198 valence electrons. The van der Waals surface area contributed by atoms with E-state index < -0.39 is 24.9 Å². The number of nitrogens with two attached hydrogens (primary N) is 1. The predicted octanol–water partition coefficient (Wildman–Crippen LogP) is 5.04. The van der Waals surface area contributed by atoms with Gasteiger partial charge in [-0.25, -0.2) is 0 Å². The molecule has 5 N–H and O–H groups in total. The van der Waals surface area contributed by atoms with Crippen molar-refractivity contribution in [2.45, 2.75) is 153 Å². The van der Waals surface area contributed by atoms with Crippen molar-refractivity contribution in [3.8, 4) is 0 Å². The summed E-state index contributed by atoms with van der Waals surface area (Å²) in [6.07, 6.45) is 19.5. The van der Waals surface area contributed by atoms with E-state index in [4.69, 9.17) is 15.6 Å². The quantitative estimate of drug-likeness (QED) is 0.103. The Morgan fingerprint density at radius 2 is 1.15 bits per heavy atom. The number of rotatable bonds is 26. The molecule has 6 nitrogen and oxygen atoms in total. The lowest BCUT2D eigenvalue weighted by molar-refractivity contribution is -0.146. The van der Waals surface area contributed by atoms with Gasteiger partial charge in [0.2, 0.25) is 0 Å². The average Bonchev–Trinajstić information content (AvgIpc) is 2.83. The van der Waals surface area contributed by atoms with Gasteiger partial charge in [0.25, 0.3) is 0 Å². The molecule has 0 aromatic heterocycles. The summed E-state index contributed by atoms with van der Waals surface area (Å²) in [4.78, 5) is 11.4. The highest BCUT2D eigenvalue weighted by Gasteiger charge is 2.28. The van der Waals surface area contributed by atoms with Gasteiger partial charge >= 0.3 is 0 Å². The smallest absolute Gasteiger partial charge is 0.151 e. The van der Waals surface area contributed by atoms with Crippen LogP contribution < -0.4 is 5.73 Å². The average molecular weight is 474 g/mol. The van der Waals surface area contributed by atoms with Crippen LogP contribution >= 0.6 is 0 Å². The predicted molar refractivity (Wildman–Crippen MR) is 136 cm³/mol. The Balaban J connectivity index is 4.00. The summed E-state index contributed by atoms with van der Waals surface area (Å²) in [6, 6.07) is 0. The monoisotopic (exact) mass is 473 g/mol. The highest BCUT2D eigenvalue weighted by atomic mass is 16.5. The number of unbranched alkanes of at least 4 members (excludes halogenated alkanes) is 15. The van der Waals surface area contributed by atoms with E-state index in [2.05, 4.69) is 6.92 Å². The lowest BCUT2D eigenvalue weighted by Gasteiger charge is -2.27. The molecule has 0 rings (SSSR count). The number of hydrogen-bond donors (Lipinski definition) is 4. The van der Waals surface area contributed by atoms with Crippen molar-refractivity contribution < 1.29 is 24.9 Å². The van der Waals surface area contributed by atoms with Crippen LogP contribution in [0.15, 0.2) is 0 Å². The van der Waals surface area contributed by atoms with Crippen LogP contribution in [0.3, 0.4) is 0 Å². The molecule has 0 bridgehead atoms. The SMILES string of the molecule is CCCCCCCCCCCCCCCCC(CCCCCN)O[C@@H](C=O)[C@H](O)[C@H](O)CO. The third kappa shape index (κ3) is 19.5. The maximum atomic E-state index is 11.4. The fraction of sp³-hybridized carbons (Fsp3) is 0.963. The largest absolute Gasteiger partial charge is 0.394 e. The third-order valence-corrected chi connectivity index (χ3v) is 6.51. The van der Waals surface area contributed by atoms with Gasteiger partial charge in [-0.2, -0.15) is 0 Å². The molecular formula is C27H55NO5. The molecule has 0 aromatic carbocycles. The number of ether oxygens (including phenoxy) is 1. The Bertz CT molecular complexity index is 410. The first-order chi connectivity index (χ1) is 16.1. The molecule has 0 heterocycles. The van der Waals surface area contributed by atoms with Crippen molar-refractivity contribution in [3.63, 3.8) is 0 Å². The molecule has 33 heavy (non-hydrogen) atoms. The van der Waals surface area contributed by atoms with E-state index in [1.54, 1.807) is 0 Å². The second kappa shape index (κ2) is 24.6. The van der Waals surface area contributed by atoms with E-state index in [-0.39, 0.29) is 6.10 Å². The Morgan fingerprint density at radius 1 is 0.727 bits per heavy atom. The highest BCUT2D eigenvalue weighted by molar-refractivity contribution is 5.57. The summed E-state index contributed by atoms with van der Waals surface area (Å²) in [5.74, 6) is 0. The number of carbonyl (C=O) groups excluding carboxylic acids is 1. The van der Waals surface area contributed by atoms with Gasteiger partial charge in [-0.1, -0.05) is 110 Å². The van der Waals surface area contributed by atoms with Crippen LogP contribution in [-0.2, 0) is 9.53 Å². The van der Waals surface area contributed by atoms with Crippen molar-refractivity contribution in [3.05, 3.63) is 0 Å². The van der Waals surface area contributed by atoms with Crippen LogP contribution in [0.1, 0.15) is 129 Å². The molecule has 0 fully saturated rings. The Labute approximate surface area is 203 Å². The summed E-state index contributed by atoms with van der Waals surface area (Å²) in [5, 5.41) is 28.7. The van der Waals surface area contributed by atoms with Crippen molar-refractivity contribution in [1.82, 2.24) is 0 Å². The zero-order valence-electron chi connectivity index (χ0n) is 21.5. The fourth-order valence-corrected chi connectivity index (χ4v) is 4.28. The van der Waals surface area contributed by atoms with Gasteiger partial charge in [0, 0.05) is 0 Å². The van der Waals surface area contributed by atoms with Gasteiger partial charge in [-0.15, -0.1) is 0 Å². The molecule has 6 heteroatoms. The minimum absolute atomic E-state index is 0.129. The van der Waals surface area contributed by atoms with Crippen molar-refractivity contribution >= 4 is 6.29 Å². The summed E-state index contributed by atoms with van der Waals surface area (Å²) in [7, 11) is 0. The molecule has 0 aliphatic rings. The first kappa shape index (κ1) is 32.5. The first-order valence-corrected chi connectivity index (χ1v) is 13.9. The standard InChI is InChI=1S/C27H55NO5/c1-2-3-4-5-6-7-8-9-10-11-12-13-14-16-19-24(20-17-15-18-21-28)33-26(23-30)27(32)25(31)22-29/h23-27,29,31-32H,2-22,28H2,1H3/t24?,25-,26+,27-/m1/s1. The van der Waals surface area contributed by atoms with E-state index in [1.807, 2.05) is 0 Å². The van der Waals surface area contributed by atoms with Crippen molar-refractivity contribution in [2.75, 3.05) is 13.2 Å². The lowest BCUT2D eigenvalue weighted by atomic mass is 10.0. The number of hydrogen-bond acceptors (Lipinski definition) is 6. The minimum Gasteiger partial charge on any atom is -0.394 e. The topological polar surface area (TPSA) is 113 Å². The zero-order valence-corrected chi connectivity index (χ0v) is 21.5. The summed E-state index contributed by atoms with van der Waals surface area (Å²) in [6.45, 7) is 2.33. The Kier molecular flexibility index (Phi) is 24.2. The van der Waals surface area contributed by atoms with Gasteiger partial charge < -0.3 is 30.6 Å². The minimum atomic E-state index is -1.41. The molecule has 0 amide bonds. The summed E-state index contributed by atoms with van der Waals surface area (Å²) in [5.41, 5.74) is 5.57. The fourth-order valence-electron chi connectivity index (χ4n) is 4.28. The van der Waals surface area contributed by atoms with Gasteiger partial charge in [-0.05, 0) is 25.8 Å². The molecule has 0 aliphatic heterocycles. The molecule has 1 unspecified atom stereocenters. The van der Waals surface area contributed by atoms with Crippen LogP contribution in [0.2, 0.25) is 0 Å². The molecule has 0 saturated carbocycles. The molecule has 0 radical (unpaired) electrons. The normalized spacial score (nSPS) is 15.3. The van der Waals surface area contributed by atoms with Crippen LogP contribution in [0, 0.1) is 0 Å². The van der Waals surface area contributed by atoms with E-state index in [0.29, 0.717) is 12.8 Å². The second-order valence-electron chi connectivity index (χ2n) is 9.62. The summed E-state index contributed by atoms with van der Waals surface area (Å²) < 4.78 is 5.86. The van der Waals surface area contributed by atoms with Crippen LogP contribution in [0.4, 0.5) is 0 Å². The lowest BCUT2D eigenvalue weighted by Crippen LogP contribution is -2.43. The van der Waals surface area contributed by atoms with Gasteiger partial charge in [-0.3, -0.25) is 0 Å². The van der Waals surface area contributed by atoms with Gasteiger partial charge in [0.1, 0.15) is 18.3 Å². The molecular weight excluding hydrogens is 418 g/mol. The molecule has 0 spiro atoms. The van der Waals surface area contributed by atoms with Gasteiger partial charge in [0.05, 0.1) is 12.7 Å².